The molecule has 0 amide bonds. The largest absolute Gasteiger partial charge is 0.462 e. The summed E-state index contributed by atoms with van der Waals surface area (Å²) in [6, 6.07) is 0. The van der Waals surface area contributed by atoms with Gasteiger partial charge in [0.2, 0.25) is 0 Å². The van der Waals surface area contributed by atoms with Crippen molar-refractivity contribution in [1.29, 1.82) is 0 Å². The van der Waals surface area contributed by atoms with E-state index in [-0.39, 0.29) is 25.2 Å². The standard InChI is InChI=1S/C45H84O5/c1-3-5-7-9-11-13-15-17-19-21-22-24-25-27-29-31-33-35-37-39-44(47)49-42-43(41-46)50-45(48)40-38-36-34-32-30-28-26-23-20-18-16-14-12-10-8-6-4-2/h11,13,17,19,43,46H,3-10,12,14-16,18,20-42H2,1-2H3. The van der Waals surface area contributed by atoms with E-state index in [1.54, 1.807) is 0 Å². The predicted molar refractivity (Wildman–Crippen MR) is 215 cm³/mol. The third-order valence-corrected chi connectivity index (χ3v) is 9.75. The van der Waals surface area contributed by atoms with E-state index in [1.165, 1.54) is 161 Å². The fourth-order valence-electron chi connectivity index (χ4n) is 6.41. The summed E-state index contributed by atoms with van der Waals surface area (Å²) in [4.78, 5) is 24.3. The topological polar surface area (TPSA) is 72.8 Å². The van der Waals surface area contributed by atoms with Gasteiger partial charge in [0.05, 0.1) is 6.61 Å². The summed E-state index contributed by atoms with van der Waals surface area (Å²) >= 11 is 0. The summed E-state index contributed by atoms with van der Waals surface area (Å²) in [7, 11) is 0. The van der Waals surface area contributed by atoms with E-state index >= 15 is 0 Å². The first-order valence-electron chi connectivity index (χ1n) is 21.9. The maximum Gasteiger partial charge on any atom is 0.306 e. The molecule has 50 heavy (non-hydrogen) atoms. The summed E-state index contributed by atoms with van der Waals surface area (Å²) in [6.07, 6.45) is 49.6. The van der Waals surface area contributed by atoms with Crippen molar-refractivity contribution in [3.8, 4) is 0 Å². The summed E-state index contributed by atoms with van der Waals surface area (Å²) in [5.74, 6) is -0.584. The summed E-state index contributed by atoms with van der Waals surface area (Å²) in [6.45, 7) is 4.13. The van der Waals surface area contributed by atoms with Gasteiger partial charge in [-0.3, -0.25) is 9.59 Å². The molecule has 0 saturated heterocycles. The number of hydrogen-bond acceptors (Lipinski definition) is 5. The molecule has 1 unspecified atom stereocenters. The first kappa shape index (κ1) is 48.4. The molecule has 0 aromatic carbocycles. The number of esters is 2. The number of hydrogen-bond donors (Lipinski definition) is 1. The summed E-state index contributed by atoms with van der Waals surface area (Å²) < 4.78 is 10.6. The molecular formula is C45H84O5. The SMILES string of the molecule is CCCCCC=CCC=CCCCCCCCCCCCC(=O)OCC(CO)OC(=O)CCCCCCCCCCCCCCCCCCC. The van der Waals surface area contributed by atoms with E-state index in [1.807, 2.05) is 0 Å². The van der Waals surface area contributed by atoms with Crippen LogP contribution in [0.25, 0.3) is 0 Å². The molecule has 0 heterocycles. The molecule has 0 rings (SSSR count). The quantitative estimate of drug-likeness (QED) is 0.0390. The van der Waals surface area contributed by atoms with Gasteiger partial charge in [-0.15, -0.1) is 0 Å². The molecule has 0 aromatic rings. The van der Waals surface area contributed by atoms with Crippen molar-refractivity contribution < 1.29 is 24.2 Å². The lowest BCUT2D eigenvalue weighted by Crippen LogP contribution is -2.28. The fourth-order valence-corrected chi connectivity index (χ4v) is 6.41. The zero-order chi connectivity index (χ0) is 36.4. The average Bonchev–Trinajstić information content (AvgIpc) is 3.12. The van der Waals surface area contributed by atoms with Gasteiger partial charge < -0.3 is 14.6 Å². The van der Waals surface area contributed by atoms with Crippen molar-refractivity contribution in [3.63, 3.8) is 0 Å². The lowest BCUT2D eigenvalue weighted by atomic mass is 10.0. The van der Waals surface area contributed by atoms with Crippen LogP contribution >= 0.6 is 0 Å². The highest BCUT2D eigenvalue weighted by molar-refractivity contribution is 5.70. The highest BCUT2D eigenvalue weighted by atomic mass is 16.6. The Hall–Kier alpha value is -1.62. The minimum absolute atomic E-state index is 0.0634. The lowest BCUT2D eigenvalue weighted by Gasteiger charge is -2.15. The van der Waals surface area contributed by atoms with Crippen molar-refractivity contribution in [2.24, 2.45) is 0 Å². The smallest absolute Gasteiger partial charge is 0.306 e. The van der Waals surface area contributed by atoms with E-state index in [4.69, 9.17) is 9.47 Å². The van der Waals surface area contributed by atoms with Gasteiger partial charge in [-0.25, -0.2) is 0 Å². The van der Waals surface area contributed by atoms with Crippen LogP contribution in [-0.4, -0.2) is 36.4 Å². The zero-order valence-electron chi connectivity index (χ0n) is 33.4. The second-order valence-corrected chi connectivity index (χ2v) is 14.8. The van der Waals surface area contributed by atoms with Gasteiger partial charge in [0.15, 0.2) is 6.10 Å². The molecule has 294 valence electrons. The second kappa shape index (κ2) is 41.8. The Bertz CT molecular complexity index is 761. The molecule has 0 radical (unpaired) electrons. The summed E-state index contributed by atoms with van der Waals surface area (Å²) in [5, 5.41) is 9.58. The van der Waals surface area contributed by atoms with Crippen molar-refractivity contribution in [3.05, 3.63) is 24.3 Å². The average molecular weight is 705 g/mol. The van der Waals surface area contributed by atoms with Crippen LogP contribution in [0, 0.1) is 0 Å². The fraction of sp³-hybridized carbons (Fsp3) is 0.867. The van der Waals surface area contributed by atoms with Crippen molar-refractivity contribution >= 4 is 11.9 Å². The molecule has 0 aliphatic heterocycles. The molecule has 0 bridgehead atoms. The first-order chi connectivity index (χ1) is 24.6. The number of aliphatic hydroxyl groups is 1. The molecule has 0 aromatic heterocycles. The normalized spacial score (nSPS) is 12.3. The Balaban J connectivity index is 3.50. The van der Waals surface area contributed by atoms with Crippen LogP contribution in [0.4, 0.5) is 0 Å². The van der Waals surface area contributed by atoms with E-state index in [9.17, 15) is 14.7 Å². The van der Waals surface area contributed by atoms with Gasteiger partial charge >= 0.3 is 11.9 Å². The Morgan fingerprint density at radius 1 is 0.460 bits per heavy atom. The van der Waals surface area contributed by atoms with Gasteiger partial charge in [0.1, 0.15) is 6.61 Å². The Kier molecular flexibility index (Phi) is 40.4. The van der Waals surface area contributed by atoms with Gasteiger partial charge in [-0.1, -0.05) is 199 Å². The van der Waals surface area contributed by atoms with Gasteiger partial charge in [0, 0.05) is 12.8 Å². The maximum absolute atomic E-state index is 12.2. The second-order valence-electron chi connectivity index (χ2n) is 14.8. The van der Waals surface area contributed by atoms with E-state index in [0.29, 0.717) is 12.8 Å². The van der Waals surface area contributed by atoms with Crippen LogP contribution in [-0.2, 0) is 19.1 Å². The van der Waals surface area contributed by atoms with Crippen LogP contribution < -0.4 is 0 Å². The zero-order valence-corrected chi connectivity index (χ0v) is 33.4. The highest BCUT2D eigenvalue weighted by Crippen LogP contribution is 2.15. The van der Waals surface area contributed by atoms with Crippen LogP contribution in [0.5, 0.6) is 0 Å². The minimum Gasteiger partial charge on any atom is -0.462 e. The Morgan fingerprint density at radius 2 is 0.800 bits per heavy atom. The highest BCUT2D eigenvalue weighted by Gasteiger charge is 2.16. The van der Waals surface area contributed by atoms with Gasteiger partial charge in [-0.2, -0.15) is 0 Å². The van der Waals surface area contributed by atoms with Crippen molar-refractivity contribution in [2.75, 3.05) is 13.2 Å². The number of rotatable bonds is 40. The third kappa shape index (κ3) is 39.2. The Morgan fingerprint density at radius 3 is 1.22 bits per heavy atom. The first-order valence-corrected chi connectivity index (χ1v) is 21.9. The van der Waals surface area contributed by atoms with Crippen LogP contribution in [0.1, 0.15) is 232 Å². The van der Waals surface area contributed by atoms with Gasteiger partial charge in [0.25, 0.3) is 0 Å². The van der Waals surface area contributed by atoms with Crippen molar-refractivity contribution in [2.45, 2.75) is 238 Å². The van der Waals surface area contributed by atoms with E-state index in [2.05, 4.69) is 38.2 Å². The molecule has 1 atom stereocenters. The number of carbonyl (C=O) groups is 2. The third-order valence-electron chi connectivity index (χ3n) is 9.75. The molecule has 0 fully saturated rings. The van der Waals surface area contributed by atoms with E-state index in [0.717, 1.165) is 44.9 Å². The number of unbranched alkanes of at least 4 members (excludes halogenated alkanes) is 28. The molecule has 0 spiro atoms. The van der Waals surface area contributed by atoms with Gasteiger partial charge in [-0.05, 0) is 44.9 Å². The van der Waals surface area contributed by atoms with E-state index < -0.39 is 6.10 Å². The molecule has 5 heteroatoms. The van der Waals surface area contributed by atoms with Crippen LogP contribution in [0.2, 0.25) is 0 Å². The molecule has 5 nitrogen and oxygen atoms in total. The molecular weight excluding hydrogens is 620 g/mol. The number of aliphatic hydroxyl groups excluding tert-OH is 1. The predicted octanol–water partition coefficient (Wildman–Crippen LogP) is 13.8. The van der Waals surface area contributed by atoms with Crippen molar-refractivity contribution in [1.82, 2.24) is 0 Å². The monoisotopic (exact) mass is 705 g/mol. The molecule has 0 aliphatic carbocycles. The summed E-state index contributed by atoms with van der Waals surface area (Å²) in [5.41, 5.74) is 0. The van der Waals surface area contributed by atoms with Crippen LogP contribution in [0.15, 0.2) is 24.3 Å². The minimum atomic E-state index is -0.768. The number of allylic oxidation sites excluding steroid dienone is 4. The lowest BCUT2D eigenvalue weighted by molar-refractivity contribution is -0.161. The molecule has 0 saturated carbocycles. The number of carbonyl (C=O) groups excluding carboxylic acids is 2. The maximum atomic E-state index is 12.2. The molecule has 1 N–H and O–H groups in total. The Labute approximate surface area is 311 Å². The number of ether oxygens (including phenoxy) is 2. The van der Waals surface area contributed by atoms with Crippen LogP contribution in [0.3, 0.4) is 0 Å². The molecule has 0 aliphatic rings.